The fraction of sp³-hybridized carbons (Fsp3) is 0.375. The van der Waals surface area contributed by atoms with Crippen LogP contribution in [0.4, 0.5) is 5.69 Å². The third-order valence-corrected chi connectivity index (χ3v) is 6.19. The lowest BCUT2D eigenvalue weighted by Crippen LogP contribution is -2.46. The highest BCUT2D eigenvalue weighted by Gasteiger charge is 2.26. The molecule has 1 fully saturated rings. The SMILES string of the molecule is COc1ccccc1N1CCN(Cc2nn(-c3ccccc3)c3c2CCC3)CC1. The van der Waals surface area contributed by atoms with Crippen LogP contribution in [-0.4, -0.2) is 48.0 Å². The Hall–Kier alpha value is -2.79. The Labute approximate surface area is 172 Å². The monoisotopic (exact) mass is 388 g/mol. The third kappa shape index (κ3) is 3.51. The minimum atomic E-state index is 0.946. The smallest absolute Gasteiger partial charge is 0.142 e. The zero-order valence-electron chi connectivity index (χ0n) is 17.1. The van der Waals surface area contributed by atoms with E-state index in [1.54, 1.807) is 7.11 Å². The second-order valence-corrected chi connectivity index (χ2v) is 7.91. The minimum absolute atomic E-state index is 0.946. The van der Waals surface area contributed by atoms with Crippen LogP contribution >= 0.6 is 0 Å². The first-order chi connectivity index (χ1) is 14.3. The molecule has 29 heavy (non-hydrogen) atoms. The number of rotatable bonds is 5. The summed E-state index contributed by atoms with van der Waals surface area (Å²) in [7, 11) is 1.75. The summed E-state index contributed by atoms with van der Waals surface area (Å²) >= 11 is 0. The first-order valence-electron chi connectivity index (χ1n) is 10.6. The van der Waals surface area contributed by atoms with Gasteiger partial charge < -0.3 is 9.64 Å². The summed E-state index contributed by atoms with van der Waals surface area (Å²) in [5, 5.41) is 5.04. The van der Waals surface area contributed by atoms with E-state index in [-0.39, 0.29) is 0 Å². The van der Waals surface area contributed by atoms with Crippen molar-refractivity contribution in [3.63, 3.8) is 0 Å². The Balaban J connectivity index is 1.30. The Morgan fingerprint density at radius 1 is 0.897 bits per heavy atom. The summed E-state index contributed by atoms with van der Waals surface area (Å²) in [5.41, 5.74) is 6.55. The summed E-state index contributed by atoms with van der Waals surface area (Å²) in [4.78, 5) is 4.98. The molecular formula is C24H28N4O. The predicted molar refractivity (Wildman–Crippen MR) is 116 cm³/mol. The van der Waals surface area contributed by atoms with E-state index in [1.165, 1.54) is 41.2 Å². The fourth-order valence-electron chi connectivity index (χ4n) is 4.67. The van der Waals surface area contributed by atoms with Gasteiger partial charge in [0, 0.05) is 38.4 Å². The van der Waals surface area contributed by atoms with Crippen molar-refractivity contribution in [2.24, 2.45) is 0 Å². The van der Waals surface area contributed by atoms with Crippen molar-refractivity contribution < 1.29 is 4.74 Å². The number of para-hydroxylation sites is 3. The number of hydrogen-bond donors (Lipinski definition) is 0. The van der Waals surface area contributed by atoms with Crippen LogP contribution in [0.5, 0.6) is 5.75 Å². The fourth-order valence-corrected chi connectivity index (χ4v) is 4.67. The summed E-state index contributed by atoms with van der Waals surface area (Å²) in [6, 6.07) is 18.9. The molecule has 2 aliphatic rings. The molecule has 2 aromatic carbocycles. The van der Waals surface area contributed by atoms with Crippen LogP contribution in [0.15, 0.2) is 54.6 Å². The Bertz CT molecular complexity index is 974. The van der Waals surface area contributed by atoms with Crippen LogP contribution < -0.4 is 9.64 Å². The topological polar surface area (TPSA) is 33.5 Å². The van der Waals surface area contributed by atoms with Gasteiger partial charge in [0.1, 0.15) is 5.75 Å². The molecule has 0 amide bonds. The highest BCUT2D eigenvalue weighted by Crippen LogP contribution is 2.30. The molecule has 0 unspecified atom stereocenters. The van der Waals surface area contributed by atoms with Gasteiger partial charge in [0.25, 0.3) is 0 Å². The lowest BCUT2D eigenvalue weighted by molar-refractivity contribution is 0.245. The van der Waals surface area contributed by atoms with Gasteiger partial charge in [-0.25, -0.2) is 4.68 Å². The largest absolute Gasteiger partial charge is 0.495 e. The maximum absolute atomic E-state index is 5.55. The van der Waals surface area contributed by atoms with Crippen LogP contribution in [0.2, 0.25) is 0 Å². The molecule has 0 saturated carbocycles. The number of anilines is 1. The number of benzene rings is 2. The molecule has 0 bridgehead atoms. The van der Waals surface area contributed by atoms with E-state index in [4.69, 9.17) is 9.84 Å². The maximum Gasteiger partial charge on any atom is 0.142 e. The van der Waals surface area contributed by atoms with Gasteiger partial charge in [-0.3, -0.25) is 4.90 Å². The van der Waals surface area contributed by atoms with Crippen molar-refractivity contribution >= 4 is 5.69 Å². The summed E-state index contributed by atoms with van der Waals surface area (Å²) in [5.74, 6) is 0.959. The quantitative estimate of drug-likeness (QED) is 0.668. The second-order valence-electron chi connectivity index (χ2n) is 7.91. The maximum atomic E-state index is 5.55. The number of hydrogen-bond acceptors (Lipinski definition) is 4. The van der Waals surface area contributed by atoms with Crippen LogP contribution in [0.3, 0.4) is 0 Å². The molecule has 1 aliphatic carbocycles. The number of ether oxygens (including phenoxy) is 1. The normalized spacial score (nSPS) is 16.8. The van der Waals surface area contributed by atoms with E-state index < -0.39 is 0 Å². The summed E-state index contributed by atoms with van der Waals surface area (Å²) in [6.45, 7) is 5.07. The molecule has 5 heteroatoms. The Kier molecular flexibility index (Phi) is 4.98. The van der Waals surface area contributed by atoms with Crippen LogP contribution in [0.1, 0.15) is 23.4 Å². The predicted octanol–water partition coefficient (Wildman–Crippen LogP) is 3.69. The van der Waals surface area contributed by atoms with Gasteiger partial charge in [-0.2, -0.15) is 5.10 Å². The van der Waals surface area contributed by atoms with Gasteiger partial charge in [0.2, 0.25) is 0 Å². The molecule has 2 heterocycles. The highest BCUT2D eigenvalue weighted by molar-refractivity contribution is 5.58. The molecule has 5 rings (SSSR count). The van der Waals surface area contributed by atoms with Crippen LogP contribution in [0, 0.1) is 0 Å². The molecule has 0 spiro atoms. The number of aromatic nitrogens is 2. The molecule has 0 radical (unpaired) electrons. The van der Waals surface area contributed by atoms with E-state index in [1.807, 2.05) is 12.1 Å². The lowest BCUT2D eigenvalue weighted by atomic mass is 10.1. The van der Waals surface area contributed by atoms with Crippen molar-refractivity contribution in [3.05, 3.63) is 71.5 Å². The number of fused-ring (bicyclic) bond motifs is 1. The zero-order chi connectivity index (χ0) is 19.6. The first kappa shape index (κ1) is 18.3. The van der Waals surface area contributed by atoms with E-state index in [9.17, 15) is 0 Å². The molecular weight excluding hydrogens is 360 g/mol. The summed E-state index contributed by atoms with van der Waals surface area (Å²) < 4.78 is 7.73. The molecule has 5 nitrogen and oxygen atoms in total. The third-order valence-electron chi connectivity index (χ3n) is 6.19. The van der Waals surface area contributed by atoms with Gasteiger partial charge in [0.15, 0.2) is 0 Å². The highest BCUT2D eigenvalue weighted by atomic mass is 16.5. The van der Waals surface area contributed by atoms with Gasteiger partial charge in [-0.15, -0.1) is 0 Å². The molecule has 150 valence electrons. The van der Waals surface area contributed by atoms with Gasteiger partial charge in [0.05, 0.1) is 24.2 Å². The number of methoxy groups -OCH3 is 1. The molecule has 1 aliphatic heterocycles. The van der Waals surface area contributed by atoms with E-state index >= 15 is 0 Å². The van der Waals surface area contributed by atoms with Crippen molar-refractivity contribution in [3.8, 4) is 11.4 Å². The molecule has 3 aromatic rings. The molecule has 0 N–H and O–H groups in total. The minimum Gasteiger partial charge on any atom is -0.495 e. The van der Waals surface area contributed by atoms with Crippen LogP contribution in [-0.2, 0) is 19.4 Å². The van der Waals surface area contributed by atoms with E-state index in [0.29, 0.717) is 0 Å². The van der Waals surface area contributed by atoms with Crippen molar-refractivity contribution in [2.45, 2.75) is 25.8 Å². The van der Waals surface area contributed by atoms with Crippen molar-refractivity contribution in [1.29, 1.82) is 0 Å². The number of nitrogens with zero attached hydrogens (tertiary/aromatic N) is 4. The molecule has 0 atom stereocenters. The van der Waals surface area contributed by atoms with Gasteiger partial charge in [-0.05, 0) is 49.1 Å². The molecule has 1 saturated heterocycles. The van der Waals surface area contributed by atoms with Gasteiger partial charge in [-0.1, -0.05) is 30.3 Å². The zero-order valence-corrected chi connectivity index (χ0v) is 17.1. The first-order valence-corrected chi connectivity index (χ1v) is 10.6. The van der Waals surface area contributed by atoms with Crippen molar-refractivity contribution in [1.82, 2.24) is 14.7 Å². The molecule has 1 aromatic heterocycles. The Morgan fingerprint density at radius 2 is 1.66 bits per heavy atom. The van der Waals surface area contributed by atoms with E-state index in [0.717, 1.165) is 44.9 Å². The number of piperazine rings is 1. The van der Waals surface area contributed by atoms with Crippen molar-refractivity contribution in [2.75, 3.05) is 38.2 Å². The average molecular weight is 389 g/mol. The lowest BCUT2D eigenvalue weighted by Gasteiger charge is -2.36. The standard InChI is InChI=1S/C24H28N4O/c1-29-24-13-6-5-11-23(24)27-16-14-26(15-17-27)18-21-20-10-7-12-22(20)28(25-21)19-8-3-2-4-9-19/h2-6,8-9,11,13H,7,10,12,14-18H2,1H3. The second kappa shape index (κ2) is 7.91. The van der Waals surface area contributed by atoms with Gasteiger partial charge >= 0.3 is 0 Å². The summed E-state index contributed by atoms with van der Waals surface area (Å²) in [6.07, 6.45) is 3.55. The average Bonchev–Trinajstić information content (AvgIpc) is 3.39. The van der Waals surface area contributed by atoms with E-state index in [2.05, 4.69) is 56.9 Å². The Morgan fingerprint density at radius 3 is 2.45 bits per heavy atom. The van der Waals surface area contributed by atoms with Crippen LogP contribution in [0.25, 0.3) is 5.69 Å².